The van der Waals surface area contributed by atoms with Crippen LogP contribution in [0.4, 0.5) is 0 Å². The molecule has 1 aromatic heterocycles. The summed E-state index contributed by atoms with van der Waals surface area (Å²) in [6.45, 7) is 2.30. The molecule has 0 saturated heterocycles. The molecular weight excluding hydrogens is 272 g/mol. The van der Waals surface area contributed by atoms with Gasteiger partial charge in [-0.15, -0.1) is 0 Å². The van der Waals surface area contributed by atoms with Gasteiger partial charge in [-0.1, -0.05) is 12.2 Å². The molecular formula is C15H16N2O2S. The number of aromatic nitrogens is 1. The Balaban J connectivity index is 2.04. The van der Waals surface area contributed by atoms with Crippen LogP contribution in [0.2, 0.25) is 0 Å². The quantitative estimate of drug-likeness (QED) is 0.857. The minimum Gasteiger partial charge on any atom is -0.497 e. The number of ether oxygens (including phenoxy) is 2. The average Bonchev–Trinajstić information content (AvgIpc) is 2.45. The second kappa shape index (κ2) is 6.34. The maximum atomic E-state index is 5.68. The fourth-order valence-corrected chi connectivity index (χ4v) is 1.90. The number of benzene rings is 1. The van der Waals surface area contributed by atoms with E-state index in [0.29, 0.717) is 11.6 Å². The van der Waals surface area contributed by atoms with E-state index in [0.717, 1.165) is 28.5 Å². The first-order valence-electron chi connectivity index (χ1n) is 6.12. The Kier molecular flexibility index (Phi) is 4.53. The molecule has 5 heteroatoms. The lowest BCUT2D eigenvalue weighted by Gasteiger charge is -2.08. The zero-order valence-electron chi connectivity index (χ0n) is 11.4. The fourth-order valence-electron chi connectivity index (χ4n) is 1.77. The maximum Gasteiger partial charge on any atom is 0.130 e. The number of nitrogens with zero attached hydrogens (tertiary/aromatic N) is 1. The van der Waals surface area contributed by atoms with Crippen molar-refractivity contribution in [2.45, 2.75) is 13.5 Å². The summed E-state index contributed by atoms with van der Waals surface area (Å²) in [4.78, 5) is 4.77. The lowest BCUT2D eigenvalue weighted by Crippen LogP contribution is -2.08. The third-order valence-electron chi connectivity index (χ3n) is 2.74. The van der Waals surface area contributed by atoms with Gasteiger partial charge >= 0.3 is 0 Å². The second-order valence-electron chi connectivity index (χ2n) is 4.32. The molecule has 4 nitrogen and oxygen atoms in total. The third kappa shape index (κ3) is 3.68. The molecule has 0 amide bonds. The van der Waals surface area contributed by atoms with Crippen LogP contribution in [-0.4, -0.2) is 17.1 Å². The minimum atomic E-state index is 0.377. The van der Waals surface area contributed by atoms with E-state index < -0.39 is 0 Å². The molecule has 20 heavy (non-hydrogen) atoms. The van der Waals surface area contributed by atoms with Crippen molar-refractivity contribution < 1.29 is 9.47 Å². The van der Waals surface area contributed by atoms with Gasteiger partial charge in [-0.2, -0.15) is 0 Å². The Labute approximate surface area is 123 Å². The van der Waals surface area contributed by atoms with Crippen molar-refractivity contribution in [2.24, 2.45) is 5.73 Å². The predicted octanol–water partition coefficient (Wildman–Crippen LogP) is 2.61. The maximum absolute atomic E-state index is 5.68. The van der Waals surface area contributed by atoms with Gasteiger partial charge in [0.1, 0.15) is 23.1 Å². The largest absolute Gasteiger partial charge is 0.497 e. The predicted molar refractivity (Wildman–Crippen MR) is 82.2 cm³/mol. The SMILES string of the molecule is COc1cc(C)nc(COc2ccc(C(N)=S)cc2)c1. The number of hydrogen-bond acceptors (Lipinski definition) is 4. The van der Waals surface area contributed by atoms with E-state index >= 15 is 0 Å². The second-order valence-corrected chi connectivity index (χ2v) is 4.76. The Morgan fingerprint density at radius 3 is 2.50 bits per heavy atom. The molecule has 0 bridgehead atoms. The molecule has 0 saturated carbocycles. The van der Waals surface area contributed by atoms with Crippen LogP contribution in [0.25, 0.3) is 0 Å². The summed E-state index contributed by atoms with van der Waals surface area (Å²) in [6.07, 6.45) is 0. The molecule has 0 radical (unpaired) electrons. The number of nitrogens with two attached hydrogens (primary N) is 1. The Morgan fingerprint density at radius 2 is 1.90 bits per heavy atom. The van der Waals surface area contributed by atoms with Crippen molar-refractivity contribution in [3.8, 4) is 11.5 Å². The normalized spacial score (nSPS) is 10.1. The van der Waals surface area contributed by atoms with Crippen molar-refractivity contribution in [2.75, 3.05) is 7.11 Å². The Hall–Kier alpha value is -2.14. The van der Waals surface area contributed by atoms with E-state index in [1.165, 1.54) is 0 Å². The van der Waals surface area contributed by atoms with Crippen LogP contribution in [0.5, 0.6) is 11.5 Å². The van der Waals surface area contributed by atoms with Crippen molar-refractivity contribution in [3.05, 3.63) is 53.3 Å². The molecule has 0 fully saturated rings. The van der Waals surface area contributed by atoms with Crippen molar-refractivity contribution in [3.63, 3.8) is 0 Å². The molecule has 2 N–H and O–H groups in total. The first kappa shape index (κ1) is 14.3. The van der Waals surface area contributed by atoms with Crippen molar-refractivity contribution in [1.82, 2.24) is 4.98 Å². The van der Waals surface area contributed by atoms with E-state index in [1.54, 1.807) is 7.11 Å². The molecule has 0 aliphatic heterocycles. The number of aryl methyl sites for hydroxylation is 1. The van der Waals surface area contributed by atoms with Gasteiger partial charge in [0, 0.05) is 23.4 Å². The highest BCUT2D eigenvalue weighted by Crippen LogP contribution is 2.17. The number of thiocarbonyl (C=S) groups is 1. The average molecular weight is 288 g/mol. The summed E-state index contributed by atoms with van der Waals surface area (Å²) in [5.74, 6) is 1.52. The van der Waals surface area contributed by atoms with E-state index in [9.17, 15) is 0 Å². The molecule has 2 aromatic rings. The lowest BCUT2D eigenvalue weighted by molar-refractivity contribution is 0.300. The molecule has 0 unspecified atom stereocenters. The van der Waals surface area contributed by atoms with Crippen LogP contribution in [-0.2, 0) is 6.61 Å². The van der Waals surface area contributed by atoms with Gasteiger partial charge in [0.05, 0.1) is 12.8 Å². The van der Waals surface area contributed by atoms with E-state index in [1.807, 2.05) is 43.3 Å². The van der Waals surface area contributed by atoms with Crippen LogP contribution in [0.1, 0.15) is 17.0 Å². The highest BCUT2D eigenvalue weighted by atomic mass is 32.1. The highest BCUT2D eigenvalue weighted by Gasteiger charge is 2.03. The molecule has 1 aromatic carbocycles. The number of methoxy groups -OCH3 is 1. The standard InChI is InChI=1S/C15H16N2O2S/c1-10-7-14(18-2)8-12(17-10)9-19-13-5-3-11(4-6-13)15(16)20/h3-8H,9H2,1-2H3,(H2,16,20). The van der Waals surface area contributed by atoms with Gasteiger partial charge < -0.3 is 15.2 Å². The summed E-state index contributed by atoms with van der Waals surface area (Å²) >= 11 is 4.90. The Bertz CT molecular complexity index is 612. The van der Waals surface area contributed by atoms with Crippen LogP contribution >= 0.6 is 12.2 Å². The first-order valence-corrected chi connectivity index (χ1v) is 6.53. The zero-order chi connectivity index (χ0) is 14.5. The van der Waals surface area contributed by atoms with Crippen LogP contribution < -0.4 is 15.2 Å². The highest BCUT2D eigenvalue weighted by molar-refractivity contribution is 7.80. The smallest absolute Gasteiger partial charge is 0.130 e. The third-order valence-corrected chi connectivity index (χ3v) is 2.98. The summed E-state index contributed by atoms with van der Waals surface area (Å²) in [7, 11) is 1.63. The lowest BCUT2D eigenvalue weighted by atomic mass is 10.2. The van der Waals surface area contributed by atoms with Gasteiger partial charge in [0.2, 0.25) is 0 Å². The summed E-state index contributed by atoms with van der Waals surface area (Å²) in [5, 5.41) is 0. The molecule has 0 aliphatic rings. The molecule has 2 rings (SSSR count). The minimum absolute atomic E-state index is 0.377. The first-order chi connectivity index (χ1) is 9.58. The monoisotopic (exact) mass is 288 g/mol. The number of rotatable bonds is 5. The van der Waals surface area contributed by atoms with Gasteiger partial charge in [0.25, 0.3) is 0 Å². The molecule has 0 atom stereocenters. The zero-order valence-corrected chi connectivity index (χ0v) is 12.2. The van der Waals surface area contributed by atoms with Crippen molar-refractivity contribution >= 4 is 17.2 Å². The van der Waals surface area contributed by atoms with Crippen molar-refractivity contribution in [1.29, 1.82) is 0 Å². The molecule has 1 heterocycles. The van der Waals surface area contributed by atoms with Gasteiger partial charge in [-0.3, -0.25) is 4.98 Å². The number of pyridine rings is 1. The van der Waals surface area contributed by atoms with Crippen LogP contribution in [0, 0.1) is 6.92 Å². The van der Waals surface area contributed by atoms with Gasteiger partial charge in [0.15, 0.2) is 0 Å². The molecule has 0 spiro atoms. The van der Waals surface area contributed by atoms with Crippen LogP contribution in [0.3, 0.4) is 0 Å². The van der Waals surface area contributed by atoms with E-state index in [-0.39, 0.29) is 0 Å². The Morgan fingerprint density at radius 1 is 1.20 bits per heavy atom. The van der Waals surface area contributed by atoms with Gasteiger partial charge in [-0.05, 0) is 31.2 Å². The topological polar surface area (TPSA) is 57.4 Å². The van der Waals surface area contributed by atoms with E-state index in [4.69, 9.17) is 27.4 Å². The molecule has 104 valence electrons. The fraction of sp³-hybridized carbons (Fsp3) is 0.200. The van der Waals surface area contributed by atoms with Crippen LogP contribution in [0.15, 0.2) is 36.4 Å². The summed E-state index contributed by atoms with van der Waals surface area (Å²) in [5.41, 5.74) is 8.08. The van der Waals surface area contributed by atoms with Gasteiger partial charge in [-0.25, -0.2) is 0 Å². The summed E-state index contributed by atoms with van der Waals surface area (Å²) < 4.78 is 10.9. The van der Waals surface area contributed by atoms with E-state index in [2.05, 4.69) is 4.98 Å². The summed E-state index contributed by atoms with van der Waals surface area (Å²) in [6, 6.07) is 11.1. The molecule has 0 aliphatic carbocycles. The number of hydrogen-bond donors (Lipinski definition) is 1.